The highest BCUT2D eigenvalue weighted by Gasteiger charge is 2.34. The first-order chi connectivity index (χ1) is 12.8. The number of carbonyl (C=O) groups excluding carboxylic acids is 1. The highest BCUT2D eigenvalue weighted by Crippen LogP contribution is 2.15. The predicted octanol–water partition coefficient (Wildman–Crippen LogP) is 2.34. The number of amides is 1. The lowest BCUT2D eigenvalue weighted by atomic mass is 10.1. The van der Waals surface area contributed by atoms with E-state index in [2.05, 4.69) is 15.6 Å². The Morgan fingerprint density at radius 2 is 1.93 bits per heavy atom. The molecule has 1 aliphatic heterocycles. The molecule has 1 atom stereocenters. The van der Waals surface area contributed by atoms with E-state index >= 15 is 0 Å². The zero-order valence-corrected chi connectivity index (χ0v) is 20.1. The zero-order valence-electron chi connectivity index (χ0n) is 16.9. The first kappa shape index (κ1) is 24.7. The predicted molar refractivity (Wildman–Crippen MR) is 125 cm³/mol. The fraction of sp³-hybridized carbons (Fsp3) is 0.579. The highest BCUT2D eigenvalue weighted by molar-refractivity contribution is 14.0. The van der Waals surface area contributed by atoms with Gasteiger partial charge in [-0.25, -0.2) is 4.79 Å². The second kappa shape index (κ2) is 11.6. The Balaban J connectivity index is 0.00000392. The monoisotopic (exact) mass is 522 g/mol. The number of halogens is 1. The molecule has 0 aromatic heterocycles. The van der Waals surface area contributed by atoms with Gasteiger partial charge in [0, 0.05) is 49.0 Å². The van der Waals surface area contributed by atoms with Crippen LogP contribution in [0.5, 0.6) is 0 Å². The minimum Gasteiger partial charge on any atom is -0.444 e. The van der Waals surface area contributed by atoms with E-state index in [9.17, 15) is 9.00 Å². The van der Waals surface area contributed by atoms with E-state index in [1.54, 1.807) is 11.9 Å². The van der Waals surface area contributed by atoms with Crippen LogP contribution in [0, 0.1) is 0 Å². The van der Waals surface area contributed by atoms with E-state index in [0.29, 0.717) is 37.1 Å². The summed E-state index contributed by atoms with van der Waals surface area (Å²) in [6.45, 7) is 7.29. The number of carbonyl (C=O) groups is 1. The van der Waals surface area contributed by atoms with Gasteiger partial charge >= 0.3 is 6.09 Å². The molecule has 158 valence electrons. The van der Waals surface area contributed by atoms with Crippen LogP contribution in [0.2, 0.25) is 0 Å². The van der Waals surface area contributed by atoms with Crippen molar-refractivity contribution in [1.29, 1.82) is 0 Å². The lowest BCUT2D eigenvalue weighted by molar-refractivity contribution is 0.00701. The van der Waals surface area contributed by atoms with Crippen LogP contribution < -0.4 is 10.6 Å². The van der Waals surface area contributed by atoms with Crippen molar-refractivity contribution in [2.45, 2.75) is 38.2 Å². The van der Waals surface area contributed by atoms with Crippen LogP contribution in [-0.2, 0) is 21.3 Å². The van der Waals surface area contributed by atoms with Crippen molar-refractivity contribution in [3.05, 3.63) is 35.9 Å². The van der Waals surface area contributed by atoms with Crippen LogP contribution in [-0.4, -0.2) is 65.2 Å². The summed E-state index contributed by atoms with van der Waals surface area (Å²) < 4.78 is 17.5. The molecular formula is C19H31IN4O3S. The molecule has 1 heterocycles. The fourth-order valence-corrected chi connectivity index (χ4v) is 3.59. The van der Waals surface area contributed by atoms with Crippen molar-refractivity contribution in [3.63, 3.8) is 0 Å². The lowest BCUT2D eigenvalue weighted by Gasteiger charge is -2.40. The van der Waals surface area contributed by atoms with Crippen molar-refractivity contribution in [1.82, 2.24) is 15.5 Å². The van der Waals surface area contributed by atoms with Crippen LogP contribution in [0.3, 0.4) is 0 Å². The summed E-state index contributed by atoms with van der Waals surface area (Å²) in [5.74, 6) is 1.76. The van der Waals surface area contributed by atoms with Gasteiger partial charge in [0.1, 0.15) is 5.60 Å². The Bertz CT molecular complexity index is 674. The van der Waals surface area contributed by atoms with Crippen molar-refractivity contribution >= 4 is 46.8 Å². The van der Waals surface area contributed by atoms with Gasteiger partial charge in [0.05, 0.1) is 6.04 Å². The Hall–Kier alpha value is -1.36. The third-order valence-electron chi connectivity index (χ3n) is 3.89. The third kappa shape index (κ3) is 8.76. The second-order valence-corrected chi connectivity index (χ2v) is 9.08. The molecule has 0 saturated carbocycles. The van der Waals surface area contributed by atoms with Crippen LogP contribution in [0.1, 0.15) is 26.3 Å². The fourth-order valence-electron chi connectivity index (χ4n) is 2.55. The molecule has 2 rings (SSSR count). The molecule has 1 aromatic carbocycles. The highest BCUT2D eigenvalue weighted by atomic mass is 127. The van der Waals surface area contributed by atoms with E-state index in [1.807, 2.05) is 51.1 Å². The standard InChI is InChI=1S/C19H30N4O3S.HI/c1-19(2,3)26-18(24)23-12-16(13-23)22-17(20-4)21-10-11-27(25)14-15-8-6-5-7-9-15;/h5-9,16H,10-14H2,1-4H3,(H2,20,21,22);1H. The molecule has 1 aliphatic rings. The minimum atomic E-state index is -0.926. The quantitative estimate of drug-likeness (QED) is 0.341. The summed E-state index contributed by atoms with van der Waals surface area (Å²) in [7, 11) is 0.769. The summed E-state index contributed by atoms with van der Waals surface area (Å²) in [5, 5.41) is 6.44. The molecule has 1 aromatic rings. The summed E-state index contributed by atoms with van der Waals surface area (Å²) in [4.78, 5) is 17.8. The summed E-state index contributed by atoms with van der Waals surface area (Å²) >= 11 is 0. The molecular weight excluding hydrogens is 491 g/mol. The number of guanidine groups is 1. The van der Waals surface area contributed by atoms with Crippen molar-refractivity contribution < 1.29 is 13.7 Å². The van der Waals surface area contributed by atoms with Gasteiger partial charge in [-0.15, -0.1) is 24.0 Å². The Morgan fingerprint density at radius 1 is 1.29 bits per heavy atom. The van der Waals surface area contributed by atoms with E-state index < -0.39 is 16.4 Å². The van der Waals surface area contributed by atoms with E-state index in [4.69, 9.17) is 4.74 Å². The number of ether oxygens (including phenoxy) is 1. The number of hydrogen-bond donors (Lipinski definition) is 2. The van der Waals surface area contributed by atoms with Crippen molar-refractivity contribution in [3.8, 4) is 0 Å². The van der Waals surface area contributed by atoms with Gasteiger partial charge in [-0.1, -0.05) is 30.3 Å². The smallest absolute Gasteiger partial charge is 0.410 e. The van der Waals surface area contributed by atoms with Gasteiger partial charge in [0.25, 0.3) is 0 Å². The van der Waals surface area contributed by atoms with Crippen LogP contribution in [0.15, 0.2) is 35.3 Å². The lowest BCUT2D eigenvalue weighted by Crippen LogP contribution is -2.63. The van der Waals surface area contributed by atoms with Crippen LogP contribution >= 0.6 is 24.0 Å². The normalized spacial score (nSPS) is 15.9. The maximum absolute atomic E-state index is 12.2. The van der Waals surface area contributed by atoms with Crippen molar-refractivity contribution in [2.75, 3.05) is 32.4 Å². The first-order valence-electron chi connectivity index (χ1n) is 9.11. The number of rotatable bonds is 6. The second-order valence-electron chi connectivity index (χ2n) is 7.50. The number of aliphatic imine (C=N–C) groups is 1. The number of likely N-dealkylation sites (tertiary alicyclic amines) is 1. The first-order valence-corrected chi connectivity index (χ1v) is 10.6. The molecule has 0 radical (unpaired) electrons. The Morgan fingerprint density at radius 3 is 2.50 bits per heavy atom. The molecule has 1 fully saturated rings. The molecule has 7 nitrogen and oxygen atoms in total. The summed E-state index contributed by atoms with van der Waals surface area (Å²) in [6.07, 6.45) is -0.292. The number of nitrogens with one attached hydrogen (secondary N) is 2. The molecule has 1 saturated heterocycles. The average molecular weight is 522 g/mol. The molecule has 0 spiro atoms. The van der Waals surface area contributed by atoms with Crippen LogP contribution in [0.4, 0.5) is 4.79 Å². The Labute approximate surface area is 187 Å². The van der Waals surface area contributed by atoms with E-state index in [1.165, 1.54) is 0 Å². The van der Waals surface area contributed by atoms with Gasteiger partial charge in [0.2, 0.25) is 0 Å². The maximum Gasteiger partial charge on any atom is 0.410 e. The molecule has 0 aliphatic carbocycles. The summed E-state index contributed by atoms with van der Waals surface area (Å²) in [5.41, 5.74) is 0.595. The molecule has 1 amide bonds. The van der Waals surface area contributed by atoms with Crippen LogP contribution in [0.25, 0.3) is 0 Å². The largest absolute Gasteiger partial charge is 0.444 e. The molecule has 1 unspecified atom stereocenters. The topological polar surface area (TPSA) is 83.0 Å². The van der Waals surface area contributed by atoms with Gasteiger partial charge in [0.15, 0.2) is 5.96 Å². The number of nitrogens with zero attached hydrogens (tertiary/aromatic N) is 2. The van der Waals surface area contributed by atoms with E-state index in [0.717, 1.165) is 5.56 Å². The van der Waals surface area contributed by atoms with Gasteiger partial charge < -0.3 is 20.3 Å². The van der Waals surface area contributed by atoms with Gasteiger partial charge in [-0.05, 0) is 26.3 Å². The number of hydrogen-bond acceptors (Lipinski definition) is 4. The number of benzene rings is 1. The van der Waals surface area contributed by atoms with Gasteiger partial charge in [-0.2, -0.15) is 0 Å². The van der Waals surface area contributed by atoms with E-state index in [-0.39, 0.29) is 36.1 Å². The molecule has 9 heteroatoms. The molecule has 28 heavy (non-hydrogen) atoms. The third-order valence-corrected chi connectivity index (χ3v) is 5.21. The average Bonchev–Trinajstić information content (AvgIpc) is 2.55. The minimum absolute atomic E-state index is 0. The maximum atomic E-state index is 12.2. The molecule has 2 N–H and O–H groups in total. The molecule has 0 bridgehead atoms. The van der Waals surface area contributed by atoms with Crippen molar-refractivity contribution in [2.24, 2.45) is 4.99 Å². The van der Waals surface area contributed by atoms with Gasteiger partial charge in [-0.3, -0.25) is 9.20 Å². The summed E-state index contributed by atoms with van der Waals surface area (Å²) in [6, 6.07) is 9.97. The SMILES string of the molecule is CN=C(NCCS(=O)Cc1ccccc1)NC1CN(C(=O)OC(C)(C)C)C1.I. The zero-order chi connectivity index (χ0) is 19.9. The Kier molecular flexibility index (Phi) is 10.2.